The van der Waals surface area contributed by atoms with Crippen molar-refractivity contribution < 1.29 is 4.79 Å². The summed E-state index contributed by atoms with van der Waals surface area (Å²) in [7, 11) is 0. The zero-order valence-corrected chi connectivity index (χ0v) is 10.8. The average molecular weight is 251 g/mol. The SMILES string of the molecule is CCCN(CC#N)C(=O)c1cccc(C)c1Cl. The van der Waals surface area contributed by atoms with Crippen molar-refractivity contribution in [2.45, 2.75) is 20.3 Å². The van der Waals surface area contributed by atoms with Crippen LogP contribution in [0.1, 0.15) is 29.3 Å². The van der Waals surface area contributed by atoms with E-state index in [-0.39, 0.29) is 12.5 Å². The van der Waals surface area contributed by atoms with Gasteiger partial charge < -0.3 is 4.90 Å². The number of rotatable bonds is 4. The second kappa shape index (κ2) is 6.27. The van der Waals surface area contributed by atoms with Crippen molar-refractivity contribution in [2.24, 2.45) is 0 Å². The van der Waals surface area contributed by atoms with Crippen LogP contribution < -0.4 is 0 Å². The number of amides is 1. The molecule has 0 fully saturated rings. The lowest BCUT2D eigenvalue weighted by atomic mass is 10.1. The van der Waals surface area contributed by atoms with E-state index in [0.717, 1.165) is 12.0 Å². The summed E-state index contributed by atoms with van der Waals surface area (Å²) in [5.41, 5.74) is 1.33. The molecule has 0 spiro atoms. The van der Waals surface area contributed by atoms with E-state index in [9.17, 15) is 4.79 Å². The molecule has 0 saturated carbocycles. The smallest absolute Gasteiger partial charge is 0.256 e. The molecule has 0 aliphatic rings. The standard InChI is InChI=1S/C13H15ClN2O/c1-3-8-16(9-7-15)13(17)11-6-4-5-10(2)12(11)14/h4-6H,3,8-9H2,1-2H3. The van der Waals surface area contributed by atoms with Crippen molar-refractivity contribution in [1.29, 1.82) is 5.26 Å². The molecule has 3 nitrogen and oxygen atoms in total. The van der Waals surface area contributed by atoms with Crippen LogP contribution in [0.25, 0.3) is 0 Å². The second-order valence-corrected chi connectivity index (χ2v) is 4.20. The summed E-state index contributed by atoms with van der Waals surface area (Å²) >= 11 is 6.10. The van der Waals surface area contributed by atoms with Crippen LogP contribution in [0.4, 0.5) is 0 Å². The van der Waals surface area contributed by atoms with Crippen LogP contribution in [0.5, 0.6) is 0 Å². The number of aryl methyl sites for hydroxylation is 1. The van der Waals surface area contributed by atoms with Gasteiger partial charge in [-0.3, -0.25) is 4.79 Å². The van der Waals surface area contributed by atoms with Crippen LogP contribution in [0.2, 0.25) is 5.02 Å². The van der Waals surface area contributed by atoms with Crippen molar-refractivity contribution in [3.05, 3.63) is 34.3 Å². The summed E-state index contributed by atoms with van der Waals surface area (Å²) in [6, 6.07) is 7.34. The lowest BCUT2D eigenvalue weighted by Crippen LogP contribution is -2.32. The zero-order chi connectivity index (χ0) is 12.8. The molecule has 0 aromatic heterocycles. The molecular weight excluding hydrogens is 236 g/mol. The molecule has 0 aliphatic heterocycles. The van der Waals surface area contributed by atoms with Gasteiger partial charge in [0.15, 0.2) is 0 Å². The fourth-order valence-electron chi connectivity index (χ4n) is 1.59. The van der Waals surface area contributed by atoms with Crippen molar-refractivity contribution in [3.63, 3.8) is 0 Å². The molecule has 0 unspecified atom stereocenters. The third-order valence-electron chi connectivity index (χ3n) is 2.46. The Hall–Kier alpha value is -1.53. The van der Waals surface area contributed by atoms with Gasteiger partial charge in [-0.05, 0) is 25.0 Å². The lowest BCUT2D eigenvalue weighted by molar-refractivity contribution is 0.0776. The van der Waals surface area contributed by atoms with Crippen LogP contribution in [0.3, 0.4) is 0 Å². The largest absolute Gasteiger partial charge is 0.325 e. The van der Waals surface area contributed by atoms with Crippen LogP contribution in [-0.4, -0.2) is 23.9 Å². The van der Waals surface area contributed by atoms with Gasteiger partial charge in [0.05, 0.1) is 16.7 Å². The topological polar surface area (TPSA) is 44.1 Å². The number of carbonyl (C=O) groups is 1. The molecule has 0 atom stereocenters. The van der Waals surface area contributed by atoms with Crippen molar-refractivity contribution in [2.75, 3.05) is 13.1 Å². The number of hydrogen-bond donors (Lipinski definition) is 0. The average Bonchev–Trinajstić information content (AvgIpc) is 2.31. The number of halogens is 1. The number of nitriles is 1. The second-order valence-electron chi connectivity index (χ2n) is 3.82. The first-order chi connectivity index (χ1) is 8.11. The predicted octanol–water partition coefficient (Wildman–Crippen LogP) is 3.02. The number of benzene rings is 1. The molecule has 17 heavy (non-hydrogen) atoms. The van der Waals surface area contributed by atoms with E-state index in [1.165, 1.54) is 4.90 Å². The summed E-state index contributed by atoms with van der Waals surface area (Å²) in [6.07, 6.45) is 0.816. The van der Waals surface area contributed by atoms with Gasteiger partial charge in [-0.15, -0.1) is 0 Å². The summed E-state index contributed by atoms with van der Waals surface area (Å²) in [5.74, 6) is -0.179. The molecule has 1 amide bonds. The van der Waals surface area contributed by atoms with Crippen molar-refractivity contribution in [3.8, 4) is 6.07 Å². The fraction of sp³-hybridized carbons (Fsp3) is 0.385. The lowest BCUT2D eigenvalue weighted by Gasteiger charge is -2.19. The van der Waals surface area contributed by atoms with Crippen LogP contribution in [0.15, 0.2) is 18.2 Å². The Morgan fingerprint density at radius 3 is 2.82 bits per heavy atom. The first-order valence-electron chi connectivity index (χ1n) is 5.53. The van der Waals surface area contributed by atoms with E-state index in [4.69, 9.17) is 16.9 Å². The summed E-state index contributed by atoms with van der Waals surface area (Å²) in [5, 5.41) is 9.18. The number of nitrogens with zero attached hydrogens (tertiary/aromatic N) is 2. The van der Waals surface area contributed by atoms with Crippen molar-refractivity contribution >= 4 is 17.5 Å². The molecule has 0 N–H and O–H groups in total. The van der Waals surface area contributed by atoms with E-state index in [2.05, 4.69) is 0 Å². The maximum Gasteiger partial charge on any atom is 0.256 e. The number of carbonyl (C=O) groups excluding carboxylic acids is 1. The highest BCUT2D eigenvalue weighted by molar-refractivity contribution is 6.34. The minimum Gasteiger partial charge on any atom is -0.325 e. The van der Waals surface area contributed by atoms with Gasteiger partial charge in [0, 0.05) is 6.54 Å². The summed E-state index contributed by atoms with van der Waals surface area (Å²) in [4.78, 5) is 13.7. The molecule has 0 radical (unpaired) electrons. The third-order valence-corrected chi connectivity index (χ3v) is 2.97. The highest BCUT2D eigenvalue weighted by Gasteiger charge is 2.18. The molecular formula is C13H15ClN2O. The zero-order valence-electron chi connectivity index (χ0n) is 10.0. The quantitative estimate of drug-likeness (QED) is 0.771. The number of hydrogen-bond acceptors (Lipinski definition) is 2. The Balaban J connectivity index is 3.01. The Morgan fingerprint density at radius 1 is 1.53 bits per heavy atom. The molecule has 1 aromatic carbocycles. The first kappa shape index (κ1) is 13.5. The highest BCUT2D eigenvalue weighted by atomic mass is 35.5. The molecule has 90 valence electrons. The van der Waals surface area contributed by atoms with E-state index < -0.39 is 0 Å². The Morgan fingerprint density at radius 2 is 2.24 bits per heavy atom. The van der Waals surface area contributed by atoms with E-state index in [1.807, 2.05) is 26.0 Å². The van der Waals surface area contributed by atoms with Gasteiger partial charge in [0.25, 0.3) is 5.91 Å². The van der Waals surface area contributed by atoms with E-state index in [1.54, 1.807) is 12.1 Å². The van der Waals surface area contributed by atoms with Crippen LogP contribution >= 0.6 is 11.6 Å². The molecule has 0 saturated heterocycles. The Labute approximate surface area is 107 Å². The fourth-order valence-corrected chi connectivity index (χ4v) is 1.80. The van der Waals surface area contributed by atoms with E-state index in [0.29, 0.717) is 17.1 Å². The van der Waals surface area contributed by atoms with Gasteiger partial charge in [0.1, 0.15) is 6.54 Å². The Kier molecular flexibility index (Phi) is 4.99. The maximum absolute atomic E-state index is 12.2. The van der Waals surface area contributed by atoms with Crippen LogP contribution in [0, 0.1) is 18.3 Å². The van der Waals surface area contributed by atoms with Gasteiger partial charge >= 0.3 is 0 Å². The predicted molar refractivity (Wildman–Crippen MR) is 68.0 cm³/mol. The van der Waals surface area contributed by atoms with Gasteiger partial charge in [-0.2, -0.15) is 5.26 Å². The summed E-state index contributed by atoms with van der Waals surface area (Å²) in [6.45, 7) is 4.48. The maximum atomic E-state index is 12.2. The Bertz CT molecular complexity index is 451. The molecule has 1 rings (SSSR count). The van der Waals surface area contributed by atoms with Crippen LogP contribution in [-0.2, 0) is 0 Å². The van der Waals surface area contributed by atoms with Gasteiger partial charge in [-0.1, -0.05) is 30.7 Å². The normalized spacial score (nSPS) is 9.76. The minimum absolute atomic E-state index is 0.0942. The molecule has 0 heterocycles. The first-order valence-corrected chi connectivity index (χ1v) is 5.91. The molecule has 0 aliphatic carbocycles. The summed E-state index contributed by atoms with van der Waals surface area (Å²) < 4.78 is 0. The van der Waals surface area contributed by atoms with E-state index >= 15 is 0 Å². The third kappa shape index (κ3) is 3.21. The monoisotopic (exact) mass is 250 g/mol. The van der Waals surface area contributed by atoms with Gasteiger partial charge in [0.2, 0.25) is 0 Å². The molecule has 1 aromatic rings. The van der Waals surface area contributed by atoms with Crippen molar-refractivity contribution in [1.82, 2.24) is 4.90 Å². The molecule has 4 heteroatoms. The van der Waals surface area contributed by atoms with Gasteiger partial charge in [-0.25, -0.2) is 0 Å². The molecule has 0 bridgehead atoms. The highest BCUT2D eigenvalue weighted by Crippen LogP contribution is 2.21. The minimum atomic E-state index is -0.179.